The third kappa shape index (κ3) is 5.01. The number of anilines is 1. The molecule has 0 heterocycles. The summed E-state index contributed by atoms with van der Waals surface area (Å²) in [6.07, 6.45) is 2.37. The van der Waals surface area contributed by atoms with Crippen LogP contribution < -0.4 is 10.6 Å². The Hall–Kier alpha value is -1.62. The molecule has 1 aromatic carbocycles. The first-order chi connectivity index (χ1) is 9.96. The van der Waals surface area contributed by atoms with Crippen molar-refractivity contribution in [3.05, 3.63) is 29.6 Å². The molecule has 0 radical (unpaired) electrons. The van der Waals surface area contributed by atoms with Gasteiger partial charge in [-0.1, -0.05) is 19.9 Å². The normalized spacial score (nSPS) is 11.3. The molecule has 1 rings (SSSR count). The zero-order valence-corrected chi connectivity index (χ0v) is 13.0. The van der Waals surface area contributed by atoms with Gasteiger partial charge in [-0.3, -0.25) is 0 Å². The average molecular weight is 296 g/mol. The Morgan fingerprint density at radius 2 is 2.00 bits per heavy atom. The highest BCUT2D eigenvalue weighted by Crippen LogP contribution is 2.29. The number of rotatable bonds is 7. The molecular weight excluding hydrogens is 271 g/mol. The molecule has 0 atom stereocenters. The Morgan fingerprint density at radius 1 is 1.33 bits per heavy atom. The van der Waals surface area contributed by atoms with Crippen LogP contribution in [0.5, 0.6) is 0 Å². The van der Waals surface area contributed by atoms with Crippen molar-refractivity contribution in [3.63, 3.8) is 0 Å². The van der Waals surface area contributed by atoms with E-state index in [1.807, 2.05) is 20.8 Å². The summed E-state index contributed by atoms with van der Waals surface area (Å²) in [6.45, 7) is 6.47. The molecule has 0 saturated carbocycles. The zero-order chi connectivity index (χ0) is 15.9. The van der Waals surface area contributed by atoms with Gasteiger partial charge in [0.05, 0.1) is 5.69 Å². The maximum Gasteiger partial charge on any atom is 0.319 e. The van der Waals surface area contributed by atoms with E-state index in [9.17, 15) is 9.18 Å². The van der Waals surface area contributed by atoms with Crippen LogP contribution in [0.3, 0.4) is 0 Å². The number of urea groups is 1. The van der Waals surface area contributed by atoms with Crippen LogP contribution >= 0.6 is 0 Å². The molecular formula is C16H25FN2O2. The van der Waals surface area contributed by atoms with Gasteiger partial charge in [0.2, 0.25) is 0 Å². The summed E-state index contributed by atoms with van der Waals surface area (Å²) in [6, 6.07) is 4.15. The second kappa shape index (κ2) is 7.98. The van der Waals surface area contributed by atoms with Crippen LogP contribution in [-0.4, -0.2) is 24.3 Å². The van der Waals surface area contributed by atoms with Gasteiger partial charge in [-0.05, 0) is 49.3 Å². The Labute approximate surface area is 125 Å². The van der Waals surface area contributed by atoms with Crippen LogP contribution in [0.4, 0.5) is 14.9 Å². The highest BCUT2D eigenvalue weighted by molar-refractivity contribution is 5.89. The monoisotopic (exact) mass is 296 g/mol. The summed E-state index contributed by atoms with van der Waals surface area (Å²) in [4.78, 5) is 11.9. The second-order valence-electron chi connectivity index (χ2n) is 5.47. The standard InChI is InChI=1S/C16H25FN2O2/c1-4-16(5-2,8-9-20)11-18-15(21)19-14-10-12(3)6-7-13(14)17/h6-7,10,20H,4-5,8-9,11H2,1-3H3,(H2,18,19,21). The van der Waals surface area contributed by atoms with Gasteiger partial charge in [-0.25, -0.2) is 9.18 Å². The molecule has 0 bridgehead atoms. The van der Waals surface area contributed by atoms with Crippen molar-refractivity contribution in [1.29, 1.82) is 0 Å². The van der Waals surface area contributed by atoms with Crippen molar-refractivity contribution in [1.82, 2.24) is 5.32 Å². The van der Waals surface area contributed by atoms with Crippen LogP contribution in [0.2, 0.25) is 0 Å². The second-order valence-corrected chi connectivity index (χ2v) is 5.47. The number of benzene rings is 1. The summed E-state index contributed by atoms with van der Waals surface area (Å²) in [5, 5.41) is 14.5. The Balaban J connectivity index is 2.63. The van der Waals surface area contributed by atoms with E-state index < -0.39 is 11.8 Å². The predicted molar refractivity (Wildman–Crippen MR) is 82.9 cm³/mol. The van der Waals surface area contributed by atoms with Crippen molar-refractivity contribution in [2.75, 3.05) is 18.5 Å². The molecule has 0 aliphatic heterocycles. The van der Waals surface area contributed by atoms with Gasteiger partial charge >= 0.3 is 6.03 Å². The van der Waals surface area contributed by atoms with Gasteiger partial charge in [0.25, 0.3) is 0 Å². The van der Waals surface area contributed by atoms with E-state index in [1.54, 1.807) is 12.1 Å². The van der Waals surface area contributed by atoms with E-state index in [0.29, 0.717) is 13.0 Å². The van der Waals surface area contributed by atoms with E-state index in [2.05, 4.69) is 10.6 Å². The number of halogens is 1. The molecule has 21 heavy (non-hydrogen) atoms. The van der Waals surface area contributed by atoms with E-state index in [-0.39, 0.29) is 17.7 Å². The summed E-state index contributed by atoms with van der Waals surface area (Å²) < 4.78 is 13.6. The number of aryl methyl sites for hydroxylation is 1. The van der Waals surface area contributed by atoms with Gasteiger partial charge in [-0.15, -0.1) is 0 Å². The number of aliphatic hydroxyl groups is 1. The molecule has 1 aromatic rings. The quantitative estimate of drug-likeness (QED) is 0.721. The third-order valence-corrected chi connectivity index (χ3v) is 4.14. The van der Waals surface area contributed by atoms with E-state index in [0.717, 1.165) is 18.4 Å². The lowest BCUT2D eigenvalue weighted by Gasteiger charge is -2.31. The fourth-order valence-corrected chi connectivity index (χ4v) is 2.35. The lowest BCUT2D eigenvalue weighted by Crippen LogP contribution is -2.39. The zero-order valence-electron chi connectivity index (χ0n) is 13.0. The first-order valence-electron chi connectivity index (χ1n) is 7.38. The lowest BCUT2D eigenvalue weighted by molar-refractivity contribution is 0.165. The molecule has 118 valence electrons. The smallest absolute Gasteiger partial charge is 0.319 e. The van der Waals surface area contributed by atoms with Crippen molar-refractivity contribution < 1.29 is 14.3 Å². The van der Waals surface area contributed by atoms with Crippen molar-refractivity contribution >= 4 is 11.7 Å². The van der Waals surface area contributed by atoms with Crippen LogP contribution in [0.25, 0.3) is 0 Å². The Kier molecular flexibility index (Phi) is 6.62. The van der Waals surface area contributed by atoms with Gasteiger partial charge in [0.15, 0.2) is 0 Å². The van der Waals surface area contributed by atoms with E-state index >= 15 is 0 Å². The summed E-state index contributed by atoms with van der Waals surface area (Å²) in [5.74, 6) is -0.455. The SMILES string of the molecule is CCC(CC)(CCO)CNC(=O)Nc1cc(C)ccc1F. The largest absolute Gasteiger partial charge is 0.396 e. The van der Waals surface area contributed by atoms with Crippen LogP contribution in [0.15, 0.2) is 18.2 Å². The number of nitrogens with one attached hydrogen (secondary N) is 2. The molecule has 5 heteroatoms. The molecule has 0 fully saturated rings. The topological polar surface area (TPSA) is 61.4 Å². The molecule has 2 amide bonds. The average Bonchev–Trinajstić information content (AvgIpc) is 2.47. The number of carbonyl (C=O) groups excluding carboxylic acids is 1. The minimum atomic E-state index is -0.455. The molecule has 0 saturated heterocycles. The fourth-order valence-electron chi connectivity index (χ4n) is 2.35. The maximum atomic E-state index is 13.6. The molecule has 4 nitrogen and oxygen atoms in total. The van der Waals surface area contributed by atoms with Gasteiger partial charge < -0.3 is 15.7 Å². The highest BCUT2D eigenvalue weighted by atomic mass is 19.1. The Bertz CT molecular complexity index is 473. The number of carbonyl (C=O) groups is 1. The molecule has 0 unspecified atom stereocenters. The minimum absolute atomic E-state index is 0.0947. The molecule has 0 spiro atoms. The highest BCUT2D eigenvalue weighted by Gasteiger charge is 2.26. The van der Waals surface area contributed by atoms with E-state index in [1.165, 1.54) is 6.07 Å². The van der Waals surface area contributed by atoms with Gasteiger partial charge in [-0.2, -0.15) is 0 Å². The lowest BCUT2D eigenvalue weighted by atomic mass is 9.79. The molecule has 0 aliphatic carbocycles. The van der Waals surface area contributed by atoms with Crippen LogP contribution in [0.1, 0.15) is 38.7 Å². The van der Waals surface area contributed by atoms with Crippen molar-refractivity contribution in [2.24, 2.45) is 5.41 Å². The van der Waals surface area contributed by atoms with Gasteiger partial charge in [0.1, 0.15) is 5.82 Å². The summed E-state index contributed by atoms with van der Waals surface area (Å²) in [7, 11) is 0. The number of aliphatic hydroxyl groups excluding tert-OH is 1. The predicted octanol–water partition coefficient (Wildman–Crippen LogP) is 3.44. The number of hydrogen-bond donors (Lipinski definition) is 3. The van der Waals surface area contributed by atoms with Crippen molar-refractivity contribution in [2.45, 2.75) is 40.0 Å². The molecule has 0 aromatic heterocycles. The van der Waals surface area contributed by atoms with Gasteiger partial charge in [0, 0.05) is 13.2 Å². The van der Waals surface area contributed by atoms with Crippen LogP contribution in [0, 0.1) is 18.2 Å². The Morgan fingerprint density at radius 3 is 2.57 bits per heavy atom. The fraction of sp³-hybridized carbons (Fsp3) is 0.562. The summed E-state index contributed by atoms with van der Waals surface area (Å²) >= 11 is 0. The van der Waals surface area contributed by atoms with Crippen molar-refractivity contribution in [3.8, 4) is 0 Å². The minimum Gasteiger partial charge on any atom is -0.396 e. The van der Waals surface area contributed by atoms with E-state index in [4.69, 9.17) is 5.11 Å². The summed E-state index contributed by atoms with van der Waals surface area (Å²) in [5.41, 5.74) is 0.939. The first kappa shape index (κ1) is 17.4. The maximum absolute atomic E-state index is 13.6. The molecule has 3 N–H and O–H groups in total. The number of amides is 2. The third-order valence-electron chi connectivity index (χ3n) is 4.14. The molecule has 0 aliphatic rings. The first-order valence-corrected chi connectivity index (χ1v) is 7.38. The van der Waals surface area contributed by atoms with Crippen LogP contribution in [-0.2, 0) is 0 Å². The number of hydrogen-bond acceptors (Lipinski definition) is 2.